The van der Waals surface area contributed by atoms with Crippen LogP contribution in [0.3, 0.4) is 0 Å². The lowest BCUT2D eigenvalue weighted by atomic mass is 10.2. The van der Waals surface area contributed by atoms with Crippen LogP contribution in [0.15, 0.2) is 17.3 Å². The molecule has 1 aromatic carbocycles. The minimum absolute atomic E-state index is 0.141. The molecule has 0 aliphatic carbocycles. The average Bonchev–Trinajstić information content (AvgIpc) is 2.18. The van der Waals surface area contributed by atoms with Crippen LogP contribution in [0.5, 0.6) is 17.2 Å². The first kappa shape index (κ1) is 9.31. The van der Waals surface area contributed by atoms with Gasteiger partial charge in [-0.05, 0) is 5.18 Å². The van der Waals surface area contributed by atoms with Crippen molar-refractivity contribution in [1.29, 1.82) is 0 Å². The van der Waals surface area contributed by atoms with Gasteiger partial charge in [0.2, 0.25) is 5.75 Å². The molecule has 1 rings (SSSR count). The molecule has 5 heteroatoms. The van der Waals surface area contributed by atoms with Crippen molar-refractivity contribution in [3.8, 4) is 17.2 Å². The van der Waals surface area contributed by atoms with Crippen molar-refractivity contribution in [2.45, 2.75) is 0 Å². The van der Waals surface area contributed by atoms with Crippen LogP contribution < -0.4 is 9.47 Å². The van der Waals surface area contributed by atoms with Crippen molar-refractivity contribution >= 4 is 5.69 Å². The molecular formula is C8H9NO4. The Balaban J connectivity index is 3.28. The number of nitrogens with zero attached hydrogens (tertiary/aromatic N) is 1. The average molecular weight is 183 g/mol. The minimum atomic E-state index is -0.141. The highest BCUT2D eigenvalue weighted by Gasteiger charge is 2.10. The largest absolute Gasteiger partial charge is 0.502 e. The third-order valence-electron chi connectivity index (χ3n) is 1.57. The van der Waals surface area contributed by atoms with Gasteiger partial charge in [0.05, 0.1) is 14.2 Å². The molecule has 0 aliphatic heterocycles. The Morgan fingerprint density at radius 1 is 1.23 bits per heavy atom. The van der Waals surface area contributed by atoms with Crippen LogP contribution in [0.25, 0.3) is 0 Å². The first-order valence-electron chi connectivity index (χ1n) is 3.51. The van der Waals surface area contributed by atoms with Gasteiger partial charge in [-0.2, -0.15) is 0 Å². The summed E-state index contributed by atoms with van der Waals surface area (Å²) in [5.41, 5.74) is 0.145. The van der Waals surface area contributed by atoms with E-state index in [2.05, 4.69) is 5.18 Å². The Hall–Kier alpha value is -1.78. The van der Waals surface area contributed by atoms with Gasteiger partial charge in [-0.3, -0.25) is 0 Å². The van der Waals surface area contributed by atoms with Gasteiger partial charge in [0.15, 0.2) is 11.5 Å². The lowest BCUT2D eigenvalue weighted by Gasteiger charge is -2.07. The van der Waals surface area contributed by atoms with Crippen molar-refractivity contribution < 1.29 is 14.6 Å². The Bertz CT molecular complexity index is 299. The molecule has 1 aromatic rings. The number of rotatable bonds is 3. The number of aromatic hydroxyl groups is 1. The maximum atomic E-state index is 10.2. The van der Waals surface area contributed by atoms with E-state index in [9.17, 15) is 10.0 Å². The maximum absolute atomic E-state index is 10.2. The van der Waals surface area contributed by atoms with E-state index >= 15 is 0 Å². The summed E-state index contributed by atoms with van der Waals surface area (Å²) in [6.07, 6.45) is 0. The van der Waals surface area contributed by atoms with Crippen LogP contribution in [0.2, 0.25) is 0 Å². The fraction of sp³-hybridized carbons (Fsp3) is 0.250. The topological polar surface area (TPSA) is 68.1 Å². The summed E-state index contributed by atoms with van der Waals surface area (Å²) in [5.74, 6) is 0.181. The molecule has 0 aliphatic rings. The molecule has 0 fully saturated rings. The Kier molecular flexibility index (Phi) is 2.69. The predicted octanol–water partition coefficient (Wildman–Crippen LogP) is 1.81. The predicted molar refractivity (Wildman–Crippen MR) is 46.7 cm³/mol. The second-order valence-electron chi connectivity index (χ2n) is 2.29. The summed E-state index contributed by atoms with van der Waals surface area (Å²) in [7, 11) is 2.76. The Labute approximate surface area is 74.9 Å². The molecule has 5 nitrogen and oxygen atoms in total. The lowest BCUT2D eigenvalue weighted by molar-refractivity contribution is 0.340. The number of methoxy groups -OCH3 is 2. The number of nitroso groups, excluding NO2 is 1. The number of benzene rings is 1. The molecule has 0 saturated carbocycles. The quantitative estimate of drug-likeness (QED) is 0.725. The van der Waals surface area contributed by atoms with Crippen LogP contribution >= 0.6 is 0 Å². The molecule has 70 valence electrons. The minimum Gasteiger partial charge on any atom is -0.502 e. The van der Waals surface area contributed by atoms with Crippen molar-refractivity contribution in [3.05, 3.63) is 17.0 Å². The fourth-order valence-corrected chi connectivity index (χ4v) is 0.932. The third-order valence-corrected chi connectivity index (χ3v) is 1.57. The fourth-order valence-electron chi connectivity index (χ4n) is 0.932. The second kappa shape index (κ2) is 3.75. The molecule has 0 bridgehead atoms. The molecule has 0 amide bonds. The monoisotopic (exact) mass is 183 g/mol. The molecule has 0 unspecified atom stereocenters. The van der Waals surface area contributed by atoms with Gasteiger partial charge in [0.25, 0.3) is 0 Å². The molecule has 0 spiro atoms. The van der Waals surface area contributed by atoms with Gasteiger partial charge >= 0.3 is 0 Å². The second-order valence-corrected chi connectivity index (χ2v) is 2.29. The van der Waals surface area contributed by atoms with E-state index in [0.29, 0.717) is 0 Å². The van der Waals surface area contributed by atoms with Gasteiger partial charge in [0, 0.05) is 12.1 Å². The highest BCUT2D eigenvalue weighted by Crippen LogP contribution is 2.39. The number of phenols is 1. The zero-order chi connectivity index (χ0) is 9.84. The van der Waals surface area contributed by atoms with Gasteiger partial charge in [0.1, 0.15) is 5.69 Å². The van der Waals surface area contributed by atoms with E-state index in [4.69, 9.17) is 9.47 Å². The molecule has 0 radical (unpaired) electrons. The zero-order valence-electron chi connectivity index (χ0n) is 7.27. The number of phenolic OH excluding ortho intramolecular Hbond substituents is 1. The number of hydrogen-bond acceptors (Lipinski definition) is 5. The van der Waals surface area contributed by atoms with Crippen molar-refractivity contribution in [2.75, 3.05) is 14.2 Å². The summed E-state index contributed by atoms with van der Waals surface area (Å²) in [4.78, 5) is 10.2. The van der Waals surface area contributed by atoms with E-state index in [1.807, 2.05) is 0 Å². The van der Waals surface area contributed by atoms with Crippen molar-refractivity contribution in [1.82, 2.24) is 0 Å². The summed E-state index contributed by atoms with van der Waals surface area (Å²) in [6.45, 7) is 0. The first-order chi connectivity index (χ1) is 6.22. The van der Waals surface area contributed by atoms with Gasteiger partial charge in [-0.1, -0.05) is 0 Å². The van der Waals surface area contributed by atoms with Crippen LogP contribution in [-0.2, 0) is 0 Å². The van der Waals surface area contributed by atoms with Crippen molar-refractivity contribution in [2.24, 2.45) is 5.18 Å². The molecule has 0 heterocycles. The Morgan fingerprint density at radius 3 is 2.00 bits per heavy atom. The summed E-state index contributed by atoms with van der Waals surface area (Å²) < 4.78 is 9.60. The SMILES string of the molecule is COc1cc(N=O)cc(OC)c1O. The van der Waals surface area contributed by atoms with Crippen LogP contribution in [0, 0.1) is 4.91 Å². The molecule has 0 saturated heterocycles. The Morgan fingerprint density at radius 2 is 1.69 bits per heavy atom. The van der Waals surface area contributed by atoms with Crippen LogP contribution in [0.4, 0.5) is 5.69 Å². The summed E-state index contributed by atoms with van der Waals surface area (Å²) >= 11 is 0. The summed E-state index contributed by atoms with van der Waals surface area (Å²) in [5, 5.41) is 12.1. The molecular weight excluding hydrogens is 174 g/mol. The molecule has 0 aromatic heterocycles. The summed E-state index contributed by atoms with van der Waals surface area (Å²) in [6, 6.07) is 2.65. The molecule has 13 heavy (non-hydrogen) atoms. The highest BCUT2D eigenvalue weighted by molar-refractivity contribution is 5.59. The normalized spacial score (nSPS) is 9.38. The van der Waals surface area contributed by atoms with E-state index in [1.54, 1.807) is 0 Å². The first-order valence-corrected chi connectivity index (χ1v) is 3.51. The van der Waals surface area contributed by atoms with Gasteiger partial charge in [-0.15, -0.1) is 4.91 Å². The highest BCUT2D eigenvalue weighted by atomic mass is 16.5. The molecule has 1 N–H and O–H groups in total. The lowest BCUT2D eigenvalue weighted by Crippen LogP contribution is -1.88. The molecule has 0 atom stereocenters. The van der Waals surface area contributed by atoms with Crippen molar-refractivity contribution in [3.63, 3.8) is 0 Å². The zero-order valence-corrected chi connectivity index (χ0v) is 7.27. The van der Waals surface area contributed by atoms with E-state index in [0.717, 1.165) is 0 Å². The van der Waals surface area contributed by atoms with E-state index in [-0.39, 0.29) is 22.9 Å². The standard InChI is InChI=1S/C8H9NO4/c1-12-6-3-5(9-11)4-7(13-2)8(6)10/h3-4,10H,1-2H3. The van der Waals surface area contributed by atoms with E-state index < -0.39 is 0 Å². The van der Waals surface area contributed by atoms with Gasteiger partial charge in [-0.25, -0.2) is 0 Å². The third kappa shape index (κ3) is 1.69. The maximum Gasteiger partial charge on any atom is 0.200 e. The number of ether oxygens (including phenoxy) is 2. The smallest absolute Gasteiger partial charge is 0.200 e. The number of hydrogen-bond donors (Lipinski definition) is 1. The van der Waals surface area contributed by atoms with Crippen LogP contribution in [-0.4, -0.2) is 19.3 Å². The van der Waals surface area contributed by atoms with E-state index in [1.165, 1.54) is 26.4 Å². The van der Waals surface area contributed by atoms with Gasteiger partial charge < -0.3 is 14.6 Å². The van der Waals surface area contributed by atoms with Crippen LogP contribution in [0.1, 0.15) is 0 Å².